The van der Waals surface area contributed by atoms with Crippen molar-refractivity contribution < 1.29 is 18.3 Å². The summed E-state index contributed by atoms with van der Waals surface area (Å²) >= 11 is 0. The van der Waals surface area contributed by atoms with Crippen LogP contribution >= 0.6 is 0 Å². The molecule has 3 nitrogen and oxygen atoms in total. The Labute approximate surface area is 93.4 Å². The molecular weight excluding hydrogens is 221 g/mol. The molecule has 0 bridgehead atoms. The van der Waals surface area contributed by atoms with Gasteiger partial charge >= 0.3 is 6.18 Å². The number of likely N-dealkylation sites (tertiary alicyclic amines) is 1. The zero-order valence-corrected chi connectivity index (χ0v) is 9.21. The van der Waals surface area contributed by atoms with Gasteiger partial charge in [0.05, 0.1) is 0 Å². The predicted octanol–water partition coefficient (Wildman–Crippen LogP) is 0.970. The number of aliphatic hydroxyl groups is 1. The van der Waals surface area contributed by atoms with Crippen LogP contribution in [0.4, 0.5) is 13.2 Å². The van der Waals surface area contributed by atoms with Gasteiger partial charge in [0.2, 0.25) is 0 Å². The number of alkyl halides is 3. The van der Waals surface area contributed by atoms with Gasteiger partial charge in [0.25, 0.3) is 0 Å². The third-order valence-electron chi connectivity index (χ3n) is 2.99. The first-order valence-corrected chi connectivity index (χ1v) is 5.60. The maximum atomic E-state index is 12.2. The largest absolute Gasteiger partial charge is 0.415 e. The van der Waals surface area contributed by atoms with Crippen LogP contribution in [0.2, 0.25) is 0 Å². The number of nitrogens with zero attached hydrogens (tertiary/aromatic N) is 1. The van der Waals surface area contributed by atoms with Crippen molar-refractivity contribution in [2.75, 3.05) is 26.2 Å². The van der Waals surface area contributed by atoms with Crippen molar-refractivity contribution in [1.29, 1.82) is 0 Å². The van der Waals surface area contributed by atoms with E-state index in [2.05, 4.69) is 0 Å². The van der Waals surface area contributed by atoms with E-state index < -0.39 is 12.3 Å². The summed E-state index contributed by atoms with van der Waals surface area (Å²) in [5.74, 6) is 0.374. The van der Waals surface area contributed by atoms with Gasteiger partial charge < -0.3 is 15.7 Å². The summed E-state index contributed by atoms with van der Waals surface area (Å²) in [5, 5.41) is 8.96. The summed E-state index contributed by atoms with van der Waals surface area (Å²) in [4.78, 5) is 1.68. The second kappa shape index (κ2) is 5.84. The van der Waals surface area contributed by atoms with Gasteiger partial charge in [-0.3, -0.25) is 0 Å². The number of halogens is 3. The molecule has 16 heavy (non-hydrogen) atoms. The second-order valence-corrected chi connectivity index (χ2v) is 4.40. The van der Waals surface area contributed by atoms with E-state index in [0.717, 1.165) is 19.3 Å². The fourth-order valence-corrected chi connectivity index (χ4v) is 2.14. The van der Waals surface area contributed by atoms with Crippen LogP contribution < -0.4 is 5.73 Å². The minimum Gasteiger partial charge on any atom is -0.382 e. The third kappa shape index (κ3) is 4.27. The van der Waals surface area contributed by atoms with Gasteiger partial charge in [-0.2, -0.15) is 13.2 Å². The minimum absolute atomic E-state index is 0.315. The third-order valence-corrected chi connectivity index (χ3v) is 2.99. The lowest BCUT2D eigenvalue weighted by Gasteiger charge is -2.34. The molecule has 2 atom stereocenters. The summed E-state index contributed by atoms with van der Waals surface area (Å²) in [6, 6.07) is 0. The molecule has 0 spiro atoms. The molecule has 0 radical (unpaired) electrons. The van der Waals surface area contributed by atoms with Gasteiger partial charge in [0, 0.05) is 13.1 Å². The molecule has 1 rings (SSSR count). The Bertz CT molecular complexity index is 209. The Morgan fingerprint density at radius 3 is 2.69 bits per heavy atom. The molecule has 3 N–H and O–H groups in total. The summed E-state index contributed by atoms with van der Waals surface area (Å²) in [7, 11) is 0. The van der Waals surface area contributed by atoms with Crippen molar-refractivity contribution in [1.82, 2.24) is 4.90 Å². The lowest BCUT2D eigenvalue weighted by atomic mass is 9.94. The highest BCUT2D eigenvalue weighted by molar-refractivity contribution is 4.77. The summed E-state index contributed by atoms with van der Waals surface area (Å²) < 4.78 is 36.5. The molecule has 1 saturated heterocycles. The van der Waals surface area contributed by atoms with Crippen molar-refractivity contribution in [2.24, 2.45) is 11.7 Å². The van der Waals surface area contributed by atoms with E-state index in [9.17, 15) is 13.2 Å². The van der Waals surface area contributed by atoms with Crippen molar-refractivity contribution in [3.63, 3.8) is 0 Å². The molecule has 0 saturated carbocycles. The van der Waals surface area contributed by atoms with E-state index in [4.69, 9.17) is 10.8 Å². The van der Waals surface area contributed by atoms with Crippen LogP contribution in [0.1, 0.15) is 19.3 Å². The Kier molecular flexibility index (Phi) is 5.01. The normalized spacial score (nSPS) is 25.7. The SMILES string of the molecule is NCCC1CCCN(CC(O)C(F)(F)F)C1. The number of hydrogen-bond donors (Lipinski definition) is 2. The summed E-state index contributed by atoms with van der Waals surface area (Å²) in [6.45, 7) is 1.50. The Morgan fingerprint density at radius 2 is 2.12 bits per heavy atom. The van der Waals surface area contributed by atoms with Crippen LogP contribution in [0.5, 0.6) is 0 Å². The number of hydrogen-bond acceptors (Lipinski definition) is 3. The summed E-state index contributed by atoms with van der Waals surface area (Å²) in [5.41, 5.74) is 5.43. The first-order valence-electron chi connectivity index (χ1n) is 5.60. The van der Waals surface area contributed by atoms with Gasteiger partial charge in [0.15, 0.2) is 6.10 Å². The van der Waals surface area contributed by atoms with Crippen LogP contribution in [-0.4, -0.2) is 48.5 Å². The minimum atomic E-state index is -4.51. The van der Waals surface area contributed by atoms with Crippen LogP contribution in [0, 0.1) is 5.92 Å². The van der Waals surface area contributed by atoms with Crippen LogP contribution in [-0.2, 0) is 0 Å². The van der Waals surface area contributed by atoms with E-state index >= 15 is 0 Å². The van der Waals surface area contributed by atoms with Crippen molar-refractivity contribution in [2.45, 2.75) is 31.5 Å². The molecule has 96 valence electrons. The number of aliphatic hydroxyl groups excluding tert-OH is 1. The van der Waals surface area contributed by atoms with Crippen LogP contribution in [0.25, 0.3) is 0 Å². The number of rotatable bonds is 4. The van der Waals surface area contributed by atoms with Gasteiger partial charge in [-0.05, 0) is 38.3 Å². The van der Waals surface area contributed by atoms with Gasteiger partial charge in [-0.15, -0.1) is 0 Å². The lowest BCUT2D eigenvalue weighted by Crippen LogP contribution is -2.45. The first-order chi connectivity index (χ1) is 7.43. The number of piperidine rings is 1. The molecule has 1 heterocycles. The first kappa shape index (κ1) is 13.7. The van der Waals surface area contributed by atoms with Gasteiger partial charge in [0.1, 0.15) is 0 Å². The molecular formula is C10H19F3N2O. The molecule has 0 amide bonds. The standard InChI is InChI=1S/C10H19F3N2O/c11-10(12,13)9(16)7-15-5-1-2-8(6-15)3-4-14/h8-9,16H,1-7,14H2. The second-order valence-electron chi connectivity index (χ2n) is 4.40. The van der Waals surface area contributed by atoms with E-state index in [1.165, 1.54) is 0 Å². The van der Waals surface area contributed by atoms with E-state index in [0.29, 0.717) is 25.6 Å². The van der Waals surface area contributed by atoms with Crippen molar-refractivity contribution >= 4 is 0 Å². The molecule has 1 aliphatic rings. The zero-order chi connectivity index (χ0) is 12.2. The van der Waals surface area contributed by atoms with E-state index in [-0.39, 0.29) is 6.54 Å². The zero-order valence-electron chi connectivity index (χ0n) is 9.21. The van der Waals surface area contributed by atoms with E-state index in [1.807, 2.05) is 0 Å². The van der Waals surface area contributed by atoms with E-state index in [1.54, 1.807) is 4.90 Å². The van der Waals surface area contributed by atoms with Crippen LogP contribution in [0.15, 0.2) is 0 Å². The fourth-order valence-electron chi connectivity index (χ4n) is 2.14. The molecule has 1 fully saturated rings. The Balaban J connectivity index is 2.37. The van der Waals surface area contributed by atoms with Crippen LogP contribution in [0.3, 0.4) is 0 Å². The summed E-state index contributed by atoms with van der Waals surface area (Å²) in [6.07, 6.45) is -3.99. The molecule has 6 heteroatoms. The fraction of sp³-hybridized carbons (Fsp3) is 1.00. The molecule has 0 aliphatic carbocycles. The highest BCUT2D eigenvalue weighted by Crippen LogP contribution is 2.24. The smallest absolute Gasteiger partial charge is 0.382 e. The molecule has 0 aromatic carbocycles. The number of nitrogens with two attached hydrogens (primary N) is 1. The quantitative estimate of drug-likeness (QED) is 0.770. The van der Waals surface area contributed by atoms with Gasteiger partial charge in [-0.25, -0.2) is 0 Å². The highest BCUT2D eigenvalue weighted by Gasteiger charge is 2.39. The highest BCUT2D eigenvalue weighted by atomic mass is 19.4. The molecule has 0 aromatic rings. The predicted molar refractivity (Wildman–Crippen MR) is 54.9 cm³/mol. The maximum absolute atomic E-state index is 12.2. The van der Waals surface area contributed by atoms with Crippen molar-refractivity contribution in [3.8, 4) is 0 Å². The average Bonchev–Trinajstić information content (AvgIpc) is 2.17. The van der Waals surface area contributed by atoms with Crippen molar-refractivity contribution in [3.05, 3.63) is 0 Å². The maximum Gasteiger partial charge on any atom is 0.415 e. The molecule has 2 unspecified atom stereocenters. The average molecular weight is 240 g/mol. The molecule has 0 aromatic heterocycles. The Hall–Kier alpha value is -0.330. The topological polar surface area (TPSA) is 49.5 Å². The monoisotopic (exact) mass is 240 g/mol. The molecule has 1 aliphatic heterocycles. The lowest BCUT2D eigenvalue weighted by molar-refractivity contribution is -0.209. The Morgan fingerprint density at radius 1 is 1.44 bits per heavy atom. The van der Waals surface area contributed by atoms with Gasteiger partial charge in [-0.1, -0.05) is 0 Å². The number of β-amino-alcohol motifs (C(OH)–C–C–N with tert-alkyl or cyclic N) is 1.